The van der Waals surface area contributed by atoms with Crippen LogP contribution in [-0.4, -0.2) is 46.8 Å². The van der Waals surface area contributed by atoms with Gasteiger partial charge in [-0.05, 0) is 49.6 Å². The van der Waals surface area contributed by atoms with Crippen LogP contribution in [0.2, 0.25) is 0 Å². The van der Waals surface area contributed by atoms with Crippen molar-refractivity contribution in [1.29, 1.82) is 0 Å². The van der Waals surface area contributed by atoms with Gasteiger partial charge in [0.2, 0.25) is 5.91 Å². The van der Waals surface area contributed by atoms with Gasteiger partial charge in [0.25, 0.3) is 5.91 Å². The number of urea groups is 1. The van der Waals surface area contributed by atoms with Crippen molar-refractivity contribution < 1.29 is 18.8 Å². The SMILES string of the molecule is CCN1C(=O)N[C@H](c2ccc(C)cc2C)C2=C1CN([C@@H](Cc1ccccc1)C(=O)NCc1ccco1)C2=O. The van der Waals surface area contributed by atoms with E-state index < -0.39 is 12.1 Å². The van der Waals surface area contributed by atoms with Crippen LogP contribution in [0.1, 0.15) is 41.0 Å². The summed E-state index contributed by atoms with van der Waals surface area (Å²) in [6.07, 6.45) is 1.90. The summed E-state index contributed by atoms with van der Waals surface area (Å²) >= 11 is 0. The Bertz CT molecular complexity index is 1380. The Kier molecular flexibility index (Phi) is 7.05. The third kappa shape index (κ3) is 4.81. The quantitative estimate of drug-likeness (QED) is 0.477. The third-order valence-electron chi connectivity index (χ3n) is 7.27. The molecule has 2 aliphatic rings. The molecule has 2 atom stereocenters. The van der Waals surface area contributed by atoms with Crippen LogP contribution in [0.25, 0.3) is 0 Å². The maximum absolute atomic E-state index is 14.1. The molecule has 0 spiro atoms. The summed E-state index contributed by atoms with van der Waals surface area (Å²) in [5.41, 5.74) is 5.10. The second kappa shape index (κ2) is 10.6. The molecule has 4 amide bonds. The van der Waals surface area contributed by atoms with Gasteiger partial charge < -0.3 is 20.0 Å². The van der Waals surface area contributed by atoms with E-state index in [1.54, 1.807) is 28.2 Å². The predicted molar refractivity (Wildman–Crippen MR) is 143 cm³/mol. The zero-order chi connectivity index (χ0) is 26.8. The number of nitrogens with zero attached hydrogens (tertiary/aromatic N) is 2. The molecule has 0 radical (unpaired) electrons. The molecule has 0 fully saturated rings. The summed E-state index contributed by atoms with van der Waals surface area (Å²) in [5, 5.41) is 5.98. The lowest BCUT2D eigenvalue weighted by Gasteiger charge is -2.33. The van der Waals surface area contributed by atoms with Crippen molar-refractivity contribution in [3.63, 3.8) is 0 Å². The van der Waals surface area contributed by atoms with E-state index >= 15 is 0 Å². The van der Waals surface area contributed by atoms with Gasteiger partial charge >= 0.3 is 6.03 Å². The largest absolute Gasteiger partial charge is 0.467 e. The molecule has 0 saturated heterocycles. The van der Waals surface area contributed by atoms with Crippen LogP contribution in [-0.2, 0) is 22.6 Å². The zero-order valence-corrected chi connectivity index (χ0v) is 21.9. The number of amides is 4. The number of carbonyl (C=O) groups is 3. The molecule has 2 aromatic carbocycles. The fourth-order valence-electron chi connectivity index (χ4n) is 5.37. The van der Waals surface area contributed by atoms with Gasteiger partial charge in [0, 0.05) is 13.0 Å². The van der Waals surface area contributed by atoms with Gasteiger partial charge in [-0.2, -0.15) is 0 Å². The fourth-order valence-corrected chi connectivity index (χ4v) is 5.37. The molecular formula is C30H32N4O4. The van der Waals surface area contributed by atoms with E-state index in [-0.39, 0.29) is 30.9 Å². The van der Waals surface area contributed by atoms with Crippen LogP contribution in [0.3, 0.4) is 0 Å². The van der Waals surface area contributed by atoms with Crippen LogP contribution in [0, 0.1) is 13.8 Å². The summed E-state index contributed by atoms with van der Waals surface area (Å²) in [5.74, 6) is 0.116. The Morgan fingerprint density at radius 3 is 2.58 bits per heavy atom. The first-order chi connectivity index (χ1) is 18.4. The third-order valence-corrected chi connectivity index (χ3v) is 7.27. The number of benzene rings is 2. The molecule has 38 heavy (non-hydrogen) atoms. The van der Waals surface area contributed by atoms with E-state index in [1.807, 2.05) is 69.3 Å². The highest BCUT2D eigenvalue weighted by molar-refractivity contribution is 6.03. The molecule has 5 rings (SSSR count). The molecule has 196 valence electrons. The highest BCUT2D eigenvalue weighted by Gasteiger charge is 2.47. The molecule has 0 bridgehead atoms. The highest BCUT2D eigenvalue weighted by Crippen LogP contribution is 2.38. The van der Waals surface area contributed by atoms with Gasteiger partial charge in [-0.25, -0.2) is 4.79 Å². The monoisotopic (exact) mass is 512 g/mol. The van der Waals surface area contributed by atoms with Crippen LogP contribution in [0.15, 0.2) is 82.6 Å². The van der Waals surface area contributed by atoms with Gasteiger partial charge in [-0.1, -0.05) is 54.1 Å². The van der Waals surface area contributed by atoms with E-state index in [4.69, 9.17) is 4.42 Å². The van der Waals surface area contributed by atoms with Crippen LogP contribution < -0.4 is 10.6 Å². The molecule has 3 aromatic rings. The van der Waals surface area contributed by atoms with E-state index in [1.165, 1.54) is 0 Å². The first-order valence-electron chi connectivity index (χ1n) is 12.9. The molecule has 1 aromatic heterocycles. The number of nitrogens with one attached hydrogen (secondary N) is 2. The molecule has 0 saturated carbocycles. The Labute approximate surface area is 222 Å². The lowest BCUT2D eigenvalue weighted by molar-refractivity contribution is -0.136. The molecule has 8 nitrogen and oxygen atoms in total. The summed E-state index contributed by atoms with van der Waals surface area (Å²) in [4.78, 5) is 44.1. The van der Waals surface area contributed by atoms with Crippen molar-refractivity contribution in [3.05, 3.63) is 106 Å². The fraction of sp³-hybridized carbons (Fsp3) is 0.300. The van der Waals surface area contributed by atoms with Crippen molar-refractivity contribution in [3.8, 4) is 0 Å². The second-order valence-corrected chi connectivity index (χ2v) is 9.78. The van der Waals surface area contributed by atoms with Crippen molar-refractivity contribution >= 4 is 17.8 Å². The maximum Gasteiger partial charge on any atom is 0.322 e. The highest BCUT2D eigenvalue weighted by atomic mass is 16.3. The van der Waals surface area contributed by atoms with Crippen molar-refractivity contribution in [2.45, 2.75) is 45.8 Å². The second-order valence-electron chi connectivity index (χ2n) is 9.78. The van der Waals surface area contributed by atoms with Crippen molar-refractivity contribution in [2.75, 3.05) is 13.1 Å². The number of rotatable bonds is 8. The van der Waals surface area contributed by atoms with Crippen molar-refractivity contribution in [1.82, 2.24) is 20.4 Å². The van der Waals surface area contributed by atoms with Gasteiger partial charge in [0.15, 0.2) is 0 Å². The molecule has 3 heterocycles. The Morgan fingerprint density at radius 2 is 1.89 bits per heavy atom. The topological polar surface area (TPSA) is 94.9 Å². The average molecular weight is 513 g/mol. The molecule has 8 heteroatoms. The Morgan fingerprint density at radius 1 is 1.11 bits per heavy atom. The molecular weight excluding hydrogens is 480 g/mol. The average Bonchev–Trinajstić information content (AvgIpc) is 3.54. The minimum absolute atomic E-state index is 0.183. The number of hydrogen-bond donors (Lipinski definition) is 2. The first kappa shape index (κ1) is 25.3. The van der Waals surface area contributed by atoms with E-state index in [0.717, 1.165) is 22.3 Å². The minimum Gasteiger partial charge on any atom is -0.467 e. The number of furan rings is 1. The Balaban J connectivity index is 1.49. The number of aryl methyl sites for hydroxylation is 2. The van der Waals surface area contributed by atoms with Gasteiger partial charge in [-0.3, -0.25) is 14.5 Å². The van der Waals surface area contributed by atoms with E-state index in [2.05, 4.69) is 10.6 Å². The minimum atomic E-state index is -0.765. The number of hydrogen-bond acceptors (Lipinski definition) is 4. The number of carbonyl (C=O) groups excluding carboxylic acids is 3. The lowest BCUT2D eigenvalue weighted by atomic mass is 9.91. The lowest BCUT2D eigenvalue weighted by Crippen LogP contribution is -2.49. The predicted octanol–water partition coefficient (Wildman–Crippen LogP) is 4.01. The summed E-state index contributed by atoms with van der Waals surface area (Å²) in [6, 6.07) is 17.6. The van der Waals surface area contributed by atoms with Gasteiger partial charge in [0.05, 0.1) is 36.7 Å². The molecule has 2 aliphatic heterocycles. The standard InChI is InChI=1S/C30H32N4O4/c1-4-33-25-18-34(29(36)26(25)27(32-30(33)37)23-13-12-19(2)15-20(23)3)24(16-21-9-6-5-7-10-21)28(35)31-17-22-11-8-14-38-22/h5-15,24,27H,4,16-18H2,1-3H3,(H,31,35)(H,32,37)/t24-,27+/m0/s1. The summed E-state index contributed by atoms with van der Waals surface area (Å²) in [6.45, 7) is 6.70. The zero-order valence-electron chi connectivity index (χ0n) is 21.9. The van der Waals surface area contributed by atoms with Crippen LogP contribution in [0.5, 0.6) is 0 Å². The summed E-state index contributed by atoms with van der Waals surface area (Å²) < 4.78 is 5.37. The van der Waals surface area contributed by atoms with E-state index in [0.29, 0.717) is 30.0 Å². The van der Waals surface area contributed by atoms with Crippen molar-refractivity contribution in [2.24, 2.45) is 0 Å². The van der Waals surface area contributed by atoms with Gasteiger partial charge in [0.1, 0.15) is 11.8 Å². The normalized spacial score (nSPS) is 17.9. The summed E-state index contributed by atoms with van der Waals surface area (Å²) in [7, 11) is 0. The van der Waals surface area contributed by atoms with Crippen LogP contribution >= 0.6 is 0 Å². The van der Waals surface area contributed by atoms with Gasteiger partial charge in [-0.15, -0.1) is 0 Å². The smallest absolute Gasteiger partial charge is 0.322 e. The number of likely N-dealkylation sites (N-methyl/N-ethyl adjacent to an activating group) is 1. The Hall–Kier alpha value is -4.33. The molecule has 2 N–H and O–H groups in total. The maximum atomic E-state index is 14.1. The van der Waals surface area contributed by atoms with E-state index in [9.17, 15) is 14.4 Å². The first-order valence-corrected chi connectivity index (χ1v) is 12.9. The molecule has 0 aliphatic carbocycles. The molecule has 0 unspecified atom stereocenters. The van der Waals surface area contributed by atoms with Crippen LogP contribution in [0.4, 0.5) is 4.79 Å².